The second kappa shape index (κ2) is 6.53. The molecule has 1 aromatic carbocycles. The molecule has 0 aliphatic rings. The molecule has 21 heavy (non-hydrogen) atoms. The van der Waals surface area contributed by atoms with Crippen LogP contribution in [0.1, 0.15) is 42.6 Å². The summed E-state index contributed by atoms with van der Waals surface area (Å²) >= 11 is 0. The van der Waals surface area contributed by atoms with Crippen LogP contribution in [0.25, 0.3) is 0 Å². The summed E-state index contributed by atoms with van der Waals surface area (Å²) in [6.45, 7) is 5.05. The highest BCUT2D eigenvalue weighted by Gasteiger charge is 2.29. The number of carbonyl (C=O) groups is 1. The molecule has 0 amide bonds. The minimum absolute atomic E-state index is 0.0715. The van der Waals surface area contributed by atoms with Gasteiger partial charge in [0.25, 0.3) is 0 Å². The van der Waals surface area contributed by atoms with Crippen molar-refractivity contribution in [1.29, 1.82) is 0 Å². The van der Waals surface area contributed by atoms with Crippen LogP contribution in [0, 0.1) is 12.7 Å². The average molecular weight is 317 g/mol. The molecule has 118 valence electrons. The van der Waals surface area contributed by atoms with Crippen LogP contribution < -0.4 is 0 Å². The third-order valence-electron chi connectivity index (χ3n) is 3.66. The molecule has 5 nitrogen and oxygen atoms in total. The van der Waals surface area contributed by atoms with Crippen LogP contribution in [-0.4, -0.2) is 36.9 Å². The molecular formula is C14H20FNO4S. The lowest BCUT2D eigenvalue weighted by atomic mass is 10.1. The van der Waals surface area contributed by atoms with Gasteiger partial charge < -0.3 is 5.11 Å². The summed E-state index contributed by atoms with van der Waals surface area (Å²) < 4.78 is 40.2. The summed E-state index contributed by atoms with van der Waals surface area (Å²) in [7, 11) is -2.51. The second-order valence-electron chi connectivity index (χ2n) is 4.88. The van der Waals surface area contributed by atoms with Gasteiger partial charge in [-0.1, -0.05) is 13.8 Å². The van der Waals surface area contributed by atoms with Gasteiger partial charge in [-0.3, -0.25) is 0 Å². The van der Waals surface area contributed by atoms with Crippen molar-refractivity contribution in [2.75, 3.05) is 7.05 Å². The number of benzene rings is 1. The number of sulfonamides is 1. The smallest absolute Gasteiger partial charge is 0.335 e. The van der Waals surface area contributed by atoms with E-state index < -0.39 is 21.8 Å². The topological polar surface area (TPSA) is 74.7 Å². The molecule has 0 aliphatic carbocycles. The normalized spacial score (nSPS) is 12.1. The molecule has 0 saturated heterocycles. The number of aromatic carboxylic acids is 1. The maximum absolute atomic E-state index is 13.8. The Morgan fingerprint density at radius 2 is 1.86 bits per heavy atom. The number of carboxylic acids is 1. The fourth-order valence-corrected chi connectivity index (χ4v) is 3.96. The van der Waals surface area contributed by atoms with E-state index in [0.717, 1.165) is 12.1 Å². The van der Waals surface area contributed by atoms with E-state index in [-0.39, 0.29) is 22.1 Å². The average Bonchev–Trinajstić information content (AvgIpc) is 2.42. The van der Waals surface area contributed by atoms with Crippen LogP contribution in [0.2, 0.25) is 0 Å². The van der Waals surface area contributed by atoms with Crippen molar-refractivity contribution in [2.45, 2.75) is 44.6 Å². The number of carboxylic acid groups (broad SMARTS) is 1. The van der Waals surface area contributed by atoms with E-state index in [4.69, 9.17) is 5.11 Å². The molecule has 0 atom stereocenters. The predicted octanol–water partition coefficient (Wildman–Crippen LogP) is 2.64. The molecule has 0 spiro atoms. The lowest BCUT2D eigenvalue weighted by Crippen LogP contribution is -2.36. The van der Waals surface area contributed by atoms with Gasteiger partial charge in [0.1, 0.15) is 5.82 Å². The van der Waals surface area contributed by atoms with Crippen molar-refractivity contribution >= 4 is 16.0 Å². The monoisotopic (exact) mass is 317 g/mol. The Labute approximate surface area is 124 Å². The molecule has 0 saturated carbocycles. The summed E-state index contributed by atoms with van der Waals surface area (Å²) in [6, 6.07) is 1.62. The molecule has 0 unspecified atom stereocenters. The van der Waals surface area contributed by atoms with Crippen molar-refractivity contribution in [3.05, 3.63) is 29.1 Å². The Morgan fingerprint density at radius 1 is 1.33 bits per heavy atom. The highest BCUT2D eigenvalue weighted by atomic mass is 32.2. The largest absolute Gasteiger partial charge is 0.478 e. The van der Waals surface area contributed by atoms with Crippen LogP contribution in [0.4, 0.5) is 4.39 Å². The standard InChI is InChI=1S/C14H20FNO4S/c1-5-11(6-2)16(4)21(19,20)13-8-10(14(17)18)7-12(15)9(13)3/h7-8,11H,5-6H2,1-4H3,(H,17,18). The fraction of sp³-hybridized carbons (Fsp3) is 0.500. The first-order valence-electron chi connectivity index (χ1n) is 6.68. The second-order valence-corrected chi connectivity index (χ2v) is 6.84. The van der Waals surface area contributed by atoms with Gasteiger partial charge in [0.2, 0.25) is 10.0 Å². The molecule has 0 fully saturated rings. The molecule has 7 heteroatoms. The summed E-state index contributed by atoms with van der Waals surface area (Å²) in [5.41, 5.74) is -0.451. The Kier molecular flexibility index (Phi) is 5.47. The molecule has 0 bridgehead atoms. The summed E-state index contributed by atoms with van der Waals surface area (Å²) in [6.07, 6.45) is 1.23. The van der Waals surface area contributed by atoms with Crippen molar-refractivity contribution < 1.29 is 22.7 Å². The maximum atomic E-state index is 13.8. The highest BCUT2D eigenvalue weighted by Crippen LogP contribution is 2.25. The van der Waals surface area contributed by atoms with Crippen molar-refractivity contribution in [1.82, 2.24) is 4.31 Å². The van der Waals surface area contributed by atoms with E-state index in [0.29, 0.717) is 12.8 Å². The minimum atomic E-state index is -3.94. The van der Waals surface area contributed by atoms with E-state index >= 15 is 0 Å². The molecule has 1 rings (SSSR count). The van der Waals surface area contributed by atoms with Gasteiger partial charge in [-0.15, -0.1) is 0 Å². The first-order chi connectivity index (χ1) is 9.66. The number of hydrogen-bond donors (Lipinski definition) is 1. The van der Waals surface area contributed by atoms with Gasteiger partial charge in [-0.2, -0.15) is 4.31 Å². The SMILES string of the molecule is CCC(CC)N(C)S(=O)(=O)c1cc(C(=O)O)cc(F)c1C. The lowest BCUT2D eigenvalue weighted by Gasteiger charge is -2.26. The molecule has 0 aliphatic heterocycles. The maximum Gasteiger partial charge on any atom is 0.335 e. The van der Waals surface area contributed by atoms with Gasteiger partial charge >= 0.3 is 5.97 Å². The molecular weight excluding hydrogens is 297 g/mol. The fourth-order valence-electron chi connectivity index (χ4n) is 2.20. The zero-order chi connectivity index (χ0) is 16.4. The number of nitrogens with zero attached hydrogens (tertiary/aromatic N) is 1. The summed E-state index contributed by atoms with van der Waals surface area (Å²) in [5, 5.41) is 8.96. The predicted molar refractivity (Wildman–Crippen MR) is 77.4 cm³/mol. The molecule has 0 radical (unpaired) electrons. The first kappa shape index (κ1) is 17.6. The molecule has 0 aromatic heterocycles. The Bertz CT molecular complexity index is 639. The van der Waals surface area contributed by atoms with Gasteiger partial charge in [0, 0.05) is 18.7 Å². The van der Waals surface area contributed by atoms with Crippen molar-refractivity contribution in [3.8, 4) is 0 Å². The Hall–Kier alpha value is -1.47. The third-order valence-corrected chi connectivity index (χ3v) is 5.69. The van der Waals surface area contributed by atoms with Crippen molar-refractivity contribution in [3.63, 3.8) is 0 Å². The van der Waals surface area contributed by atoms with E-state index in [1.807, 2.05) is 13.8 Å². The minimum Gasteiger partial charge on any atom is -0.478 e. The van der Waals surface area contributed by atoms with Crippen LogP contribution >= 0.6 is 0 Å². The van der Waals surface area contributed by atoms with Gasteiger partial charge in [0.05, 0.1) is 10.5 Å². The molecule has 1 aromatic rings. The zero-order valence-corrected chi connectivity index (χ0v) is 13.4. The van der Waals surface area contributed by atoms with E-state index in [9.17, 15) is 17.6 Å². The Balaban J connectivity index is 3.47. The summed E-state index contributed by atoms with van der Waals surface area (Å²) in [4.78, 5) is 10.7. The Morgan fingerprint density at radius 3 is 2.29 bits per heavy atom. The quantitative estimate of drug-likeness (QED) is 0.875. The lowest BCUT2D eigenvalue weighted by molar-refractivity contribution is 0.0696. The van der Waals surface area contributed by atoms with Crippen LogP contribution in [0.15, 0.2) is 17.0 Å². The molecule has 0 heterocycles. The van der Waals surface area contributed by atoms with Crippen molar-refractivity contribution in [2.24, 2.45) is 0 Å². The first-order valence-corrected chi connectivity index (χ1v) is 8.12. The van der Waals surface area contributed by atoms with Gasteiger partial charge in [-0.25, -0.2) is 17.6 Å². The van der Waals surface area contributed by atoms with Crippen LogP contribution in [0.5, 0.6) is 0 Å². The number of hydrogen-bond acceptors (Lipinski definition) is 3. The van der Waals surface area contributed by atoms with Crippen LogP contribution in [0.3, 0.4) is 0 Å². The van der Waals surface area contributed by atoms with E-state index in [2.05, 4.69) is 0 Å². The van der Waals surface area contributed by atoms with E-state index in [1.165, 1.54) is 18.3 Å². The third kappa shape index (κ3) is 3.41. The number of rotatable bonds is 6. The number of halogens is 1. The van der Waals surface area contributed by atoms with Crippen LogP contribution in [-0.2, 0) is 10.0 Å². The highest BCUT2D eigenvalue weighted by molar-refractivity contribution is 7.89. The van der Waals surface area contributed by atoms with E-state index in [1.54, 1.807) is 0 Å². The van der Waals surface area contributed by atoms with Gasteiger partial charge in [-0.05, 0) is 31.9 Å². The molecule has 1 N–H and O–H groups in total. The van der Waals surface area contributed by atoms with Gasteiger partial charge in [0.15, 0.2) is 0 Å². The zero-order valence-electron chi connectivity index (χ0n) is 12.6. The summed E-state index contributed by atoms with van der Waals surface area (Å²) in [5.74, 6) is -2.21.